The first-order valence-electron chi connectivity index (χ1n) is 21.8. The molecule has 0 aromatic heterocycles. The van der Waals surface area contributed by atoms with E-state index in [4.69, 9.17) is 33.2 Å². The number of rotatable bonds is 42. The summed E-state index contributed by atoms with van der Waals surface area (Å²) in [4.78, 5) is 0. The third-order valence-corrected chi connectivity index (χ3v) is 8.48. The Morgan fingerprint density at radius 1 is 0.333 bits per heavy atom. The molecule has 2 unspecified atom stereocenters. The van der Waals surface area contributed by atoms with E-state index in [2.05, 4.69) is 65.8 Å². The summed E-state index contributed by atoms with van der Waals surface area (Å²) >= 11 is 0. The molecule has 0 heterocycles. The minimum atomic E-state index is -0.380. The zero-order valence-electron chi connectivity index (χ0n) is 34.7. The molecule has 51 heavy (non-hydrogen) atoms. The van der Waals surface area contributed by atoms with Crippen molar-refractivity contribution in [3.63, 3.8) is 0 Å². The normalized spacial score (nSPS) is 13.5. The predicted octanol–water partition coefficient (Wildman–Crippen LogP) is 13.0. The van der Waals surface area contributed by atoms with Crippen molar-refractivity contribution in [1.82, 2.24) is 0 Å². The van der Waals surface area contributed by atoms with Crippen LogP contribution >= 0.6 is 0 Å². The Kier molecular flexibility index (Phi) is 41.3. The van der Waals surface area contributed by atoms with Gasteiger partial charge in [0.15, 0.2) is 25.2 Å². The van der Waals surface area contributed by atoms with Gasteiger partial charge in [0.05, 0.1) is 0 Å². The summed E-state index contributed by atoms with van der Waals surface area (Å²) in [7, 11) is 0. The Labute approximate surface area is 317 Å². The number of unbranched alkanes of at least 4 members (excludes halogenated alkanes) is 14. The molecule has 0 bridgehead atoms. The fourth-order valence-electron chi connectivity index (χ4n) is 5.64. The lowest BCUT2D eigenvalue weighted by atomic mass is 10.1. The van der Waals surface area contributed by atoms with Gasteiger partial charge in [-0.3, -0.25) is 0 Å². The van der Waals surface area contributed by atoms with E-state index in [1.807, 2.05) is 0 Å². The highest BCUT2D eigenvalue weighted by atomic mass is 16.8. The molecule has 0 amide bonds. The van der Waals surface area contributed by atoms with Crippen molar-refractivity contribution in [3.8, 4) is 0 Å². The standard InChI is InChI=1S/C44H86O7/c1-7-35-45-41(46-36-8-2)31-27-23-19-15-13-17-21-25-29-33-43(49-39-11-5)51-44(50-40-12-6)34-30-26-22-18-14-16-20-24-28-32-42(47-37-9-3)48-38-10-4/h29-30,33-34,41-44H,7-28,31-32,35-40H2,1-6H3. The summed E-state index contributed by atoms with van der Waals surface area (Å²) in [6.45, 7) is 17.4. The second-order valence-corrected chi connectivity index (χ2v) is 13.9. The minimum absolute atomic E-state index is 0.0160. The van der Waals surface area contributed by atoms with Gasteiger partial charge in [0, 0.05) is 39.6 Å². The first kappa shape index (κ1) is 50.2. The lowest BCUT2D eigenvalue weighted by molar-refractivity contribution is -0.207. The average molecular weight is 727 g/mol. The molecule has 7 heteroatoms. The fourth-order valence-corrected chi connectivity index (χ4v) is 5.64. The van der Waals surface area contributed by atoms with Crippen molar-refractivity contribution < 1.29 is 33.2 Å². The third kappa shape index (κ3) is 36.0. The Morgan fingerprint density at radius 3 is 0.922 bits per heavy atom. The summed E-state index contributed by atoms with van der Waals surface area (Å²) in [6.07, 6.45) is 35.7. The molecule has 0 N–H and O–H groups in total. The Balaban J connectivity index is 4.27. The van der Waals surface area contributed by atoms with Crippen molar-refractivity contribution >= 4 is 0 Å². The van der Waals surface area contributed by atoms with E-state index < -0.39 is 0 Å². The van der Waals surface area contributed by atoms with Gasteiger partial charge in [0.2, 0.25) is 0 Å². The van der Waals surface area contributed by atoms with Crippen LogP contribution in [-0.2, 0) is 33.2 Å². The molecule has 0 aromatic rings. The van der Waals surface area contributed by atoms with E-state index >= 15 is 0 Å². The Bertz CT molecular complexity index is 642. The van der Waals surface area contributed by atoms with Gasteiger partial charge in [-0.2, -0.15) is 0 Å². The molecule has 304 valence electrons. The summed E-state index contributed by atoms with van der Waals surface area (Å²) in [5.41, 5.74) is 0. The fraction of sp³-hybridized carbons (Fsp3) is 0.909. The number of allylic oxidation sites excluding steroid dienone is 2. The van der Waals surface area contributed by atoms with Crippen LogP contribution in [0.5, 0.6) is 0 Å². The van der Waals surface area contributed by atoms with Crippen LogP contribution in [0.15, 0.2) is 24.3 Å². The predicted molar refractivity (Wildman–Crippen MR) is 215 cm³/mol. The molecule has 0 aliphatic heterocycles. The number of ether oxygens (including phenoxy) is 7. The first-order valence-corrected chi connectivity index (χ1v) is 21.8. The van der Waals surface area contributed by atoms with Crippen LogP contribution in [0.1, 0.15) is 196 Å². The highest BCUT2D eigenvalue weighted by Crippen LogP contribution is 2.16. The highest BCUT2D eigenvalue weighted by molar-refractivity contribution is 4.89. The molecular formula is C44H86O7. The quantitative estimate of drug-likeness (QED) is 0.0352. The second kappa shape index (κ2) is 41.9. The molecule has 0 spiro atoms. The zero-order valence-corrected chi connectivity index (χ0v) is 34.7. The molecule has 0 rings (SSSR count). The van der Waals surface area contributed by atoms with Crippen molar-refractivity contribution in [2.24, 2.45) is 0 Å². The van der Waals surface area contributed by atoms with Gasteiger partial charge >= 0.3 is 0 Å². The molecule has 0 aliphatic rings. The number of hydrogen-bond donors (Lipinski definition) is 0. The third-order valence-electron chi connectivity index (χ3n) is 8.48. The minimum Gasteiger partial charge on any atom is -0.353 e. The van der Waals surface area contributed by atoms with Gasteiger partial charge in [-0.25, -0.2) is 0 Å². The maximum absolute atomic E-state index is 6.29. The summed E-state index contributed by atoms with van der Waals surface area (Å²) in [5.74, 6) is 0. The smallest absolute Gasteiger partial charge is 0.180 e. The summed E-state index contributed by atoms with van der Waals surface area (Å²) in [6, 6.07) is 0. The van der Waals surface area contributed by atoms with Gasteiger partial charge < -0.3 is 33.2 Å². The van der Waals surface area contributed by atoms with Crippen LogP contribution < -0.4 is 0 Å². The zero-order chi connectivity index (χ0) is 37.3. The van der Waals surface area contributed by atoms with Crippen molar-refractivity contribution in [3.05, 3.63) is 24.3 Å². The Morgan fingerprint density at radius 2 is 0.608 bits per heavy atom. The molecule has 0 aliphatic carbocycles. The Hall–Kier alpha value is -0.800. The van der Waals surface area contributed by atoms with Gasteiger partial charge in [-0.15, -0.1) is 0 Å². The van der Waals surface area contributed by atoms with Crippen LogP contribution in [-0.4, -0.2) is 64.8 Å². The van der Waals surface area contributed by atoms with E-state index in [0.29, 0.717) is 13.2 Å². The molecule has 0 radical (unpaired) electrons. The molecule has 0 saturated heterocycles. The maximum Gasteiger partial charge on any atom is 0.180 e. The molecule has 0 aromatic carbocycles. The van der Waals surface area contributed by atoms with Gasteiger partial charge in [-0.1, -0.05) is 118 Å². The largest absolute Gasteiger partial charge is 0.353 e. The number of hydrogen-bond acceptors (Lipinski definition) is 7. The monoisotopic (exact) mass is 727 g/mol. The summed E-state index contributed by atoms with van der Waals surface area (Å²) in [5, 5.41) is 0. The van der Waals surface area contributed by atoms with E-state index in [9.17, 15) is 0 Å². The first-order chi connectivity index (χ1) is 25.1. The van der Waals surface area contributed by atoms with Crippen LogP contribution in [0.25, 0.3) is 0 Å². The maximum atomic E-state index is 6.29. The topological polar surface area (TPSA) is 64.6 Å². The van der Waals surface area contributed by atoms with E-state index in [-0.39, 0.29) is 25.2 Å². The average Bonchev–Trinajstić information content (AvgIpc) is 3.14. The van der Waals surface area contributed by atoms with Crippen LogP contribution in [0.4, 0.5) is 0 Å². The molecule has 0 fully saturated rings. The van der Waals surface area contributed by atoms with Crippen molar-refractivity contribution in [1.29, 1.82) is 0 Å². The van der Waals surface area contributed by atoms with E-state index in [0.717, 1.165) is 90.6 Å². The second-order valence-electron chi connectivity index (χ2n) is 13.9. The lowest BCUT2D eigenvalue weighted by Crippen LogP contribution is -2.25. The van der Waals surface area contributed by atoms with Crippen LogP contribution in [0, 0.1) is 0 Å². The van der Waals surface area contributed by atoms with Crippen LogP contribution in [0.2, 0.25) is 0 Å². The molecule has 2 atom stereocenters. The molecule has 7 nitrogen and oxygen atoms in total. The van der Waals surface area contributed by atoms with Gasteiger partial charge in [-0.05, 0) is 102 Å². The van der Waals surface area contributed by atoms with Crippen LogP contribution in [0.3, 0.4) is 0 Å². The molecule has 0 saturated carbocycles. The SMILES string of the molecule is CCCOC(C=CCCCCCCCCCC(OCCC)OCCC)OC(C=CCCCCCCCCCC(OCCC)OCCC)OCCC. The summed E-state index contributed by atoms with van der Waals surface area (Å²) < 4.78 is 41.8. The lowest BCUT2D eigenvalue weighted by Gasteiger charge is -2.21. The van der Waals surface area contributed by atoms with Crippen molar-refractivity contribution in [2.75, 3.05) is 39.6 Å². The molecular weight excluding hydrogens is 640 g/mol. The van der Waals surface area contributed by atoms with Crippen molar-refractivity contribution in [2.45, 2.75) is 221 Å². The van der Waals surface area contributed by atoms with Gasteiger partial charge in [0.25, 0.3) is 0 Å². The van der Waals surface area contributed by atoms with E-state index in [1.54, 1.807) is 0 Å². The highest BCUT2D eigenvalue weighted by Gasteiger charge is 2.13. The van der Waals surface area contributed by atoms with E-state index in [1.165, 1.54) is 89.9 Å². The van der Waals surface area contributed by atoms with Gasteiger partial charge in [0.1, 0.15) is 0 Å².